The maximum atomic E-state index is 14.5. The molecule has 0 amide bonds. The Bertz CT molecular complexity index is 2090. The Morgan fingerprint density at radius 3 is 1.78 bits per heavy atom. The number of hydrogen-bond donors (Lipinski definition) is 14. The highest BCUT2D eigenvalue weighted by Gasteiger charge is 2.72. The quantitative estimate of drug-likeness (QED) is 0.0482. The minimum absolute atomic E-state index is 0.0291. The maximum Gasteiger partial charge on any atom is 0.340 e. The molecule has 8 rings (SSSR count). The van der Waals surface area contributed by atoms with Crippen LogP contribution in [0.3, 0.4) is 0 Å². The molecule has 14 N–H and O–H groups in total. The van der Waals surface area contributed by atoms with E-state index < -0.39 is 194 Å². The van der Waals surface area contributed by atoms with E-state index >= 15 is 0 Å². The highest BCUT2D eigenvalue weighted by molar-refractivity contribution is 5.80. The summed E-state index contributed by atoms with van der Waals surface area (Å²) >= 11 is 0. The lowest BCUT2D eigenvalue weighted by Crippen LogP contribution is -2.68. The number of carboxylic acids is 1. The number of carboxylic acid groups (broad SMARTS) is 1. The molecule has 0 aromatic heterocycles. The molecule has 0 radical (unpaired) electrons. The summed E-state index contributed by atoms with van der Waals surface area (Å²) in [6.07, 6.45) is -26.8. The zero-order valence-corrected chi connectivity index (χ0v) is 45.0. The van der Waals surface area contributed by atoms with Crippen molar-refractivity contribution in [3.8, 4) is 0 Å². The summed E-state index contributed by atoms with van der Waals surface area (Å²) in [4.78, 5) is 28.6. The molecule has 0 aromatic carbocycles. The van der Waals surface area contributed by atoms with Gasteiger partial charge in [-0.3, -0.25) is 4.79 Å². The Labute approximate surface area is 447 Å². The number of fused-ring (bicyclic) bond motifs is 5. The standard InChI is InChI=1S/C53H86O24/c1-22(2)9-8-15-53(69,48(68)77-45-40(65)37(62)34(59)28(20-55)73-45)25-12-17-50(5)24(25)10-11-29-49(4)16-14-31(52(7,47(66)67)30(49)13-18-51(29,50)6)74-46-42(76-43-38(63)35(60)32(57)23(3)71-43)41(26(56)21-70-46)75-44-39(64)36(61)33(58)27(19-54)72-44/h9,23-46,54-65,69H,8,10-21H2,1-7H3,(H,66,67). The van der Waals surface area contributed by atoms with Crippen molar-refractivity contribution in [2.75, 3.05) is 19.8 Å². The van der Waals surface area contributed by atoms with Crippen LogP contribution < -0.4 is 0 Å². The summed E-state index contributed by atoms with van der Waals surface area (Å²) in [7, 11) is 0. The number of carbonyl (C=O) groups excluding carboxylic acids is 1. The van der Waals surface area contributed by atoms with Gasteiger partial charge in [0, 0.05) is 5.92 Å². The van der Waals surface area contributed by atoms with Crippen LogP contribution in [0.4, 0.5) is 0 Å². The van der Waals surface area contributed by atoms with Gasteiger partial charge in [0.05, 0.1) is 37.4 Å². The van der Waals surface area contributed by atoms with Crippen LogP contribution >= 0.6 is 0 Å². The summed E-state index contributed by atoms with van der Waals surface area (Å²) < 4.78 is 47.8. The van der Waals surface area contributed by atoms with Crippen molar-refractivity contribution in [2.24, 2.45) is 45.3 Å². The molecular weight excluding hydrogens is 1020 g/mol. The van der Waals surface area contributed by atoms with Gasteiger partial charge in [0.1, 0.15) is 85.5 Å². The van der Waals surface area contributed by atoms with E-state index in [9.17, 15) is 81.1 Å². The van der Waals surface area contributed by atoms with Crippen molar-refractivity contribution in [3.05, 3.63) is 11.6 Å². The molecule has 4 saturated carbocycles. The molecule has 0 bridgehead atoms. The van der Waals surface area contributed by atoms with Crippen molar-refractivity contribution in [1.29, 1.82) is 0 Å². The number of carbonyl (C=O) groups is 2. The molecule has 4 aliphatic heterocycles. The Morgan fingerprint density at radius 1 is 0.623 bits per heavy atom. The van der Waals surface area contributed by atoms with Crippen LogP contribution in [0.1, 0.15) is 113 Å². The first-order valence-corrected chi connectivity index (χ1v) is 27.4. The molecule has 0 aromatic rings. The van der Waals surface area contributed by atoms with Crippen LogP contribution in [-0.2, 0) is 47.5 Å². The first-order chi connectivity index (χ1) is 36.0. The topological polar surface area (TPSA) is 391 Å². The van der Waals surface area contributed by atoms with E-state index in [1.807, 2.05) is 19.9 Å². The number of allylic oxidation sites excluding steroid dienone is 2. The summed E-state index contributed by atoms with van der Waals surface area (Å²) in [5.74, 6) is -3.62. The molecule has 8 aliphatic rings. The van der Waals surface area contributed by atoms with E-state index in [0.717, 1.165) is 5.57 Å². The third-order valence-electron chi connectivity index (χ3n) is 20.5. The summed E-state index contributed by atoms with van der Waals surface area (Å²) in [6, 6.07) is 0. The van der Waals surface area contributed by atoms with Crippen LogP contribution in [0, 0.1) is 45.3 Å². The van der Waals surface area contributed by atoms with Crippen molar-refractivity contribution >= 4 is 11.9 Å². The number of aliphatic hydroxyl groups is 13. The minimum Gasteiger partial charge on any atom is -0.481 e. The van der Waals surface area contributed by atoms with Crippen LogP contribution in [0.5, 0.6) is 0 Å². The Kier molecular flexibility index (Phi) is 18.1. The monoisotopic (exact) mass is 1110 g/mol. The predicted octanol–water partition coefficient (Wildman–Crippen LogP) is -1.94. The number of ether oxygens (including phenoxy) is 8. The van der Waals surface area contributed by atoms with E-state index in [-0.39, 0.29) is 24.7 Å². The van der Waals surface area contributed by atoms with Gasteiger partial charge in [0.15, 0.2) is 24.5 Å². The van der Waals surface area contributed by atoms with E-state index in [0.29, 0.717) is 51.4 Å². The molecule has 0 spiro atoms. The molecule has 4 saturated heterocycles. The van der Waals surface area contributed by atoms with Gasteiger partial charge in [-0.2, -0.15) is 0 Å². The number of esters is 1. The largest absolute Gasteiger partial charge is 0.481 e. The van der Waals surface area contributed by atoms with Crippen molar-refractivity contribution in [1.82, 2.24) is 0 Å². The SMILES string of the molecule is CC(C)=CCCC(O)(C(=O)OC1OC(CO)C(O)C(O)C1O)C1CCC2(C)C1CCC1C3(C)CCC(OC4OCC(O)C(OC5OC(CO)C(O)C(O)C5O)C4OC4OC(C)C(O)C(O)C4O)C(C)(C(=O)O)C3CCC12C. The van der Waals surface area contributed by atoms with Gasteiger partial charge >= 0.3 is 11.9 Å². The third kappa shape index (κ3) is 10.4. The molecule has 29 atom stereocenters. The molecule has 4 heterocycles. The summed E-state index contributed by atoms with van der Waals surface area (Å²) in [5, 5.41) is 152. The van der Waals surface area contributed by atoms with Crippen LogP contribution in [0.25, 0.3) is 0 Å². The van der Waals surface area contributed by atoms with E-state index in [1.54, 1.807) is 6.92 Å². The minimum atomic E-state index is -2.09. The second kappa shape index (κ2) is 22.9. The fourth-order valence-corrected chi connectivity index (χ4v) is 15.8. The van der Waals surface area contributed by atoms with E-state index in [2.05, 4.69) is 20.8 Å². The van der Waals surface area contributed by atoms with Gasteiger partial charge in [-0.05, 0) is 126 Å². The molecule has 442 valence electrons. The molecule has 29 unspecified atom stereocenters. The molecule has 77 heavy (non-hydrogen) atoms. The summed E-state index contributed by atoms with van der Waals surface area (Å²) in [6.45, 7) is 11.4. The smallest absolute Gasteiger partial charge is 0.340 e. The second-order valence-corrected chi connectivity index (χ2v) is 24.8. The van der Waals surface area contributed by atoms with Crippen LogP contribution in [0.15, 0.2) is 11.6 Å². The third-order valence-corrected chi connectivity index (χ3v) is 20.5. The first-order valence-electron chi connectivity index (χ1n) is 27.4. The fourth-order valence-electron chi connectivity index (χ4n) is 15.8. The van der Waals surface area contributed by atoms with E-state index in [4.69, 9.17) is 37.9 Å². The highest BCUT2D eigenvalue weighted by atomic mass is 16.8. The van der Waals surface area contributed by atoms with Crippen LogP contribution in [0.2, 0.25) is 0 Å². The average Bonchev–Trinajstić information content (AvgIpc) is 3.99. The number of aliphatic hydroxyl groups excluding tert-OH is 12. The molecule has 4 aliphatic carbocycles. The number of aliphatic carboxylic acids is 1. The lowest BCUT2D eigenvalue weighted by Gasteiger charge is -2.69. The molecule has 8 fully saturated rings. The van der Waals surface area contributed by atoms with E-state index in [1.165, 1.54) is 6.92 Å². The van der Waals surface area contributed by atoms with Gasteiger partial charge < -0.3 is 109 Å². The molecular formula is C53H86O24. The second-order valence-electron chi connectivity index (χ2n) is 24.8. The molecule has 24 heteroatoms. The Morgan fingerprint density at radius 2 is 1.18 bits per heavy atom. The first kappa shape index (κ1) is 61.0. The zero-order valence-electron chi connectivity index (χ0n) is 45.0. The van der Waals surface area contributed by atoms with Crippen molar-refractivity contribution in [2.45, 2.75) is 241 Å². The highest BCUT2D eigenvalue weighted by Crippen LogP contribution is 2.76. The Balaban J connectivity index is 1.06. The van der Waals surface area contributed by atoms with Gasteiger partial charge in [0.2, 0.25) is 6.29 Å². The normalized spacial score (nSPS) is 51.8. The predicted molar refractivity (Wildman–Crippen MR) is 261 cm³/mol. The average molecular weight is 1110 g/mol. The lowest BCUT2D eigenvalue weighted by atomic mass is 9.35. The molecule has 24 nitrogen and oxygen atoms in total. The summed E-state index contributed by atoms with van der Waals surface area (Å²) in [5.41, 5.74) is -4.29. The van der Waals surface area contributed by atoms with Crippen molar-refractivity contribution < 1.29 is 119 Å². The van der Waals surface area contributed by atoms with Crippen molar-refractivity contribution in [3.63, 3.8) is 0 Å². The number of rotatable bonds is 15. The maximum absolute atomic E-state index is 14.5. The van der Waals surface area contributed by atoms with Crippen LogP contribution in [-0.4, -0.2) is 232 Å². The Hall–Kier alpha value is -2.12. The van der Waals surface area contributed by atoms with Gasteiger partial charge in [-0.25, -0.2) is 4.79 Å². The van der Waals surface area contributed by atoms with Gasteiger partial charge in [-0.15, -0.1) is 0 Å². The zero-order chi connectivity index (χ0) is 56.6. The number of hydrogen-bond acceptors (Lipinski definition) is 23. The lowest BCUT2D eigenvalue weighted by molar-refractivity contribution is -0.388. The van der Waals surface area contributed by atoms with Gasteiger partial charge in [0.25, 0.3) is 0 Å². The fraction of sp³-hybridized carbons (Fsp3) is 0.925. The van der Waals surface area contributed by atoms with Gasteiger partial charge in [-0.1, -0.05) is 32.4 Å².